The van der Waals surface area contributed by atoms with E-state index >= 15 is 0 Å². The van der Waals surface area contributed by atoms with E-state index in [0.717, 1.165) is 24.5 Å². The van der Waals surface area contributed by atoms with E-state index < -0.39 is 0 Å². The Morgan fingerprint density at radius 2 is 2.21 bits per heavy atom. The highest BCUT2D eigenvalue weighted by Crippen LogP contribution is 2.31. The SMILES string of the molecule is CC(C=O)CC1=CCC(C(C)C)CC1. The second-order valence-corrected chi connectivity index (χ2v) is 4.96. The number of allylic oxidation sites excluding steroid dienone is 2. The van der Waals surface area contributed by atoms with Crippen LogP contribution >= 0.6 is 0 Å². The van der Waals surface area contributed by atoms with Crippen molar-refractivity contribution in [2.75, 3.05) is 0 Å². The van der Waals surface area contributed by atoms with E-state index in [2.05, 4.69) is 19.9 Å². The van der Waals surface area contributed by atoms with E-state index in [1.54, 1.807) is 0 Å². The van der Waals surface area contributed by atoms with Crippen molar-refractivity contribution in [3.63, 3.8) is 0 Å². The summed E-state index contributed by atoms with van der Waals surface area (Å²) in [5, 5.41) is 0. The molecule has 2 unspecified atom stereocenters. The Balaban J connectivity index is 2.41. The van der Waals surface area contributed by atoms with Crippen molar-refractivity contribution >= 4 is 6.29 Å². The van der Waals surface area contributed by atoms with Crippen molar-refractivity contribution in [1.82, 2.24) is 0 Å². The molecule has 0 radical (unpaired) electrons. The number of hydrogen-bond donors (Lipinski definition) is 0. The number of carbonyl (C=O) groups is 1. The molecule has 1 rings (SSSR count). The van der Waals surface area contributed by atoms with E-state index in [1.165, 1.54) is 24.8 Å². The molecular formula is C13H22O. The molecule has 0 heterocycles. The average molecular weight is 194 g/mol. The molecule has 0 bridgehead atoms. The number of hydrogen-bond acceptors (Lipinski definition) is 1. The van der Waals surface area contributed by atoms with Gasteiger partial charge in [-0.15, -0.1) is 0 Å². The van der Waals surface area contributed by atoms with Crippen LogP contribution in [-0.4, -0.2) is 6.29 Å². The summed E-state index contributed by atoms with van der Waals surface area (Å²) in [5.41, 5.74) is 1.50. The molecule has 1 aliphatic carbocycles. The third kappa shape index (κ3) is 3.28. The van der Waals surface area contributed by atoms with Crippen LogP contribution in [0.1, 0.15) is 46.5 Å². The first-order chi connectivity index (χ1) is 6.63. The summed E-state index contributed by atoms with van der Waals surface area (Å²) in [6.45, 7) is 6.61. The van der Waals surface area contributed by atoms with Gasteiger partial charge in [0.05, 0.1) is 0 Å². The molecule has 80 valence electrons. The average Bonchev–Trinajstić information content (AvgIpc) is 2.18. The zero-order chi connectivity index (χ0) is 10.6. The molecule has 0 aromatic heterocycles. The Morgan fingerprint density at radius 3 is 2.64 bits per heavy atom. The van der Waals surface area contributed by atoms with Gasteiger partial charge in [0, 0.05) is 5.92 Å². The highest BCUT2D eigenvalue weighted by Gasteiger charge is 2.17. The number of carbonyl (C=O) groups excluding carboxylic acids is 1. The predicted octanol–water partition coefficient (Wildman–Crippen LogP) is 3.59. The molecule has 0 fully saturated rings. The summed E-state index contributed by atoms with van der Waals surface area (Å²) < 4.78 is 0. The number of rotatable bonds is 4. The van der Waals surface area contributed by atoms with Gasteiger partial charge >= 0.3 is 0 Å². The maximum Gasteiger partial charge on any atom is 0.123 e. The predicted molar refractivity (Wildman–Crippen MR) is 60.1 cm³/mol. The molecule has 0 amide bonds. The van der Waals surface area contributed by atoms with Gasteiger partial charge in [-0.1, -0.05) is 32.4 Å². The summed E-state index contributed by atoms with van der Waals surface area (Å²) in [7, 11) is 0. The quantitative estimate of drug-likeness (QED) is 0.493. The Kier molecular flexibility index (Phi) is 4.37. The summed E-state index contributed by atoms with van der Waals surface area (Å²) in [6, 6.07) is 0. The molecule has 0 N–H and O–H groups in total. The minimum atomic E-state index is 0.205. The molecule has 1 nitrogen and oxygen atoms in total. The highest BCUT2D eigenvalue weighted by molar-refractivity contribution is 5.53. The van der Waals surface area contributed by atoms with E-state index in [-0.39, 0.29) is 5.92 Å². The monoisotopic (exact) mass is 194 g/mol. The Morgan fingerprint density at radius 1 is 1.50 bits per heavy atom. The maximum atomic E-state index is 10.5. The fraction of sp³-hybridized carbons (Fsp3) is 0.769. The first kappa shape index (κ1) is 11.5. The van der Waals surface area contributed by atoms with Crippen molar-refractivity contribution in [2.24, 2.45) is 17.8 Å². The minimum absolute atomic E-state index is 0.205. The standard InChI is InChI=1S/C13H22O/c1-10(2)13-6-4-12(5-7-13)8-11(3)9-14/h4,9-11,13H,5-8H2,1-3H3. The Labute approximate surface area is 87.6 Å². The van der Waals surface area contributed by atoms with E-state index in [0.29, 0.717) is 0 Å². The zero-order valence-electron chi connectivity index (χ0n) is 9.62. The van der Waals surface area contributed by atoms with Gasteiger partial charge in [0.15, 0.2) is 0 Å². The number of aldehydes is 1. The van der Waals surface area contributed by atoms with Crippen LogP contribution in [0.3, 0.4) is 0 Å². The highest BCUT2D eigenvalue weighted by atomic mass is 16.1. The van der Waals surface area contributed by atoms with Gasteiger partial charge in [0.1, 0.15) is 6.29 Å². The van der Waals surface area contributed by atoms with Crippen LogP contribution in [0.25, 0.3) is 0 Å². The topological polar surface area (TPSA) is 17.1 Å². The fourth-order valence-corrected chi connectivity index (χ4v) is 2.16. The van der Waals surface area contributed by atoms with Gasteiger partial charge in [-0.3, -0.25) is 0 Å². The molecular weight excluding hydrogens is 172 g/mol. The van der Waals surface area contributed by atoms with Crippen LogP contribution in [0.2, 0.25) is 0 Å². The smallest absolute Gasteiger partial charge is 0.123 e. The molecule has 1 aliphatic rings. The third-order valence-corrected chi connectivity index (χ3v) is 3.30. The molecule has 14 heavy (non-hydrogen) atoms. The second-order valence-electron chi connectivity index (χ2n) is 4.96. The van der Waals surface area contributed by atoms with Gasteiger partial charge in [0.2, 0.25) is 0 Å². The van der Waals surface area contributed by atoms with Gasteiger partial charge in [0.25, 0.3) is 0 Å². The van der Waals surface area contributed by atoms with E-state index in [4.69, 9.17) is 0 Å². The lowest BCUT2D eigenvalue weighted by Gasteiger charge is -2.25. The molecule has 1 heteroatoms. The lowest BCUT2D eigenvalue weighted by molar-refractivity contribution is -0.110. The van der Waals surface area contributed by atoms with Crippen LogP contribution in [0.5, 0.6) is 0 Å². The summed E-state index contributed by atoms with van der Waals surface area (Å²) >= 11 is 0. The van der Waals surface area contributed by atoms with Gasteiger partial charge < -0.3 is 4.79 Å². The van der Waals surface area contributed by atoms with E-state index in [1.807, 2.05) is 6.92 Å². The molecule has 2 atom stereocenters. The van der Waals surface area contributed by atoms with Crippen molar-refractivity contribution in [3.8, 4) is 0 Å². The molecule has 0 saturated carbocycles. The van der Waals surface area contributed by atoms with Crippen molar-refractivity contribution in [3.05, 3.63) is 11.6 Å². The Hall–Kier alpha value is -0.590. The normalized spacial score (nSPS) is 24.6. The maximum absolute atomic E-state index is 10.5. The molecule has 0 saturated heterocycles. The summed E-state index contributed by atoms with van der Waals surface area (Å²) in [5.74, 6) is 1.87. The van der Waals surface area contributed by atoms with Crippen LogP contribution in [0.4, 0.5) is 0 Å². The Bertz CT molecular complexity index is 215. The fourth-order valence-electron chi connectivity index (χ4n) is 2.16. The third-order valence-electron chi connectivity index (χ3n) is 3.30. The van der Waals surface area contributed by atoms with Crippen LogP contribution < -0.4 is 0 Å². The second kappa shape index (κ2) is 5.33. The molecule has 0 spiro atoms. The largest absolute Gasteiger partial charge is 0.303 e. The first-order valence-electron chi connectivity index (χ1n) is 5.76. The molecule has 0 aromatic rings. The zero-order valence-corrected chi connectivity index (χ0v) is 9.62. The summed E-state index contributed by atoms with van der Waals surface area (Å²) in [6.07, 6.45) is 8.16. The summed E-state index contributed by atoms with van der Waals surface area (Å²) in [4.78, 5) is 10.5. The minimum Gasteiger partial charge on any atom is -0.303 e. The molecule has 0 aromatic carbocycles. The van der Waals surface area contributed by atoms with Crippen LogP contribution in [0, 0.1) is 17.8 Å². The first-order valence-corrected chi connectivity index (χ1v) is 5.76. The van der Waals surface area contributed by atoms with E-state index in [9.17, 15) is 4.79 Å². The van der Waals surface area contributed by atoms with Crippen LogP contribution in [0.15, 0.2) is 11.6 Å². The van der Waals surface area contributed by atoms with Crippen molar-refractivity contribution < 1.29 is 4.79 Å². The van der Waals surface area contributed by atoms with Gasteiger partial charge in [-0.2, -0.15) is 0 Å². The lowest BCUT2D eigenvalue weighted by atomic mass is 9.81. The van der Waals surface area contributed by atoms with Crippen LogP contribution in [-0.2, 0) is 4.79 Å². The molecule has 0 aliphatic heterocycles. The van der Waals surface area contributed by atoms with Crippen molar-refractivity contribution in [1.29, 1.82) is 0 Å². The van der Waals surface area contributed by atoms with Gasteiger partial charge in [-0.05, 0) is 37.5 Å². The van der Waals surface area contributed by atoms with Crippen molar-refractivity contribution in [2.45, 2.75) is 46.5 Å². The van der Waals surface area contributed by atoms with Gasteiger partial charge in [-0.25, -0.2) is 0 Å². The lowest BCUT2D eigenvalue weighted by Crippen LogP contribution is -2.13.